The lowest BCUT2D eigenvalue weighted by atomic mass is 10.1. The SMILES string of the molecule is Nc1oncc1-c1ccc2[nH]c3ncccc3c2c1. The van der Waals surface area contributed by atoms with Crippen molar-refractivity contribution in [1.82, 2.24) is 15.1 Å². The molecule has 1 aromatic carbocycles. The number of benzene rings is 1. The highest BCUT2D eigenvalue weighted by Crippen LogP contribution is 2.31. The molecule has 0 unspecified atom stereocenters. The fourth-order valence-electron chi connectivity index (χ4n) is 2.36. The molecule has 0 aliphatic carbocycles. The highest BCUT2D eigenvalue weighted by molar-refractivity contribution is 6.07. The Morgan fingerprint density at radius 2 is 2.11 bits per heavy atom. The second kappa shape index (κ2) is 3.58. The van der Waals surface area contributed by atoms with Crippen LogP contribution in [0.5, 0.6) is 0 Å². The predicted molar refractivity (Wildman–Crippen MR) is 73.5 cm³/mol. The average Bonchev–Trinajstić information content (AvgIpc) is 3.01. The number of anilines is 1. The van der Waals surface area contributed by atoms with Crippen molar-refractivity contribution in [2.24, 2.45) is 0 Å². The molecule has 5 heteroatoms. The molecule has 0 saturated heterocycles. The number of hydrogen-bond donors (Lipinski definition) is 2. The first-order valence-corrected chi connectivity index (χ1v) is 5.90. The maximum Gasteiger partial charge on any atom is 0.229 e. The standard InChI is InChI=1S/C14H10N4O/c15-13-11(7-17-19-13)8-3-4-12-10(6-8)9-2-1-5-16-14(9)18-12/h1-7H,15H2,(H,16,18). The van der Waals surface area contributed by atoms with Crippen molar-refractivity contribution in [3.63, 3.8) is 0 Å². The maximum absolute atomic E-state index is 5.76. The third-order valence-corrected chi connectivity index (χ3v) is 3.28. The first-order valence-electron chi connectivity index (χ1n) is 5.90. The highest BCUT2D eigenvalue weighted by Gasteiger charge is 2.10. The summed E-state index contributed by atoms with van der Waals surface area (Å²) in [7, 11) is 0. The molecule has 4 aromatic rings. The lowest BCUT2D eigenvalue weighted by Gasteiger charge is -1.98. The number of H-pyrrole nitrogens is 1. The zero-order chi connectivity index (χ0) is 12.8. The maximum atomic E-state index is 5.76. The van der Waals surface area contributed by atoms with E-state index < -0.39 is 0 Å². The Bertz CT molecular complexity index is 891. The van der Waals surface area contributed by atoms with E-state index in [4.69, 9.17) is 10.3 Å². The number of nitrogens with zero attached hydrogens (tertiary/aromatic N) is 2. The van der Waals surface area contributed by atoms with Gasteiger partial charge in [0.25, 0.3) is 0 Å². The highest BCUT2D eigenvalue weighted by atomic mass is 16.5. The number of aromatic amines is 1. The van der Waals surface area contributed by atoms with Gasteiger partial charge in [-0.15, -0.1) is 0 Å². The van der Waals surface area contributed by atoms with Crippen LogP contribution in [0.25, 0.3) is 33.1 Å². The molecule has 3 heterocycles. The summed E-state index contributed by atoms with van der Waals surface area (Å²) in [6.45, 7) is 0. The Morgan fingerprint density at radius 1 is 1.16 bits per heavy atom. The Hall–Kier alpha value is -2.82. The van der Waals surface area contributed by atoms with Gasteiger partial charge in [0.1, 0.15) is 5.65 Å². The Kier molecular flexibility index (Phi) is 1.91. The number of aromatic nitrogens is 3. The molecule has 92 valence electrons. The quantitative estimate of drug-likeness (QED) is 0.544. The van der Waals surface area contributed by atoms with Crippen LogP contribution in [0.1, 0.15) is 0 Å². The van der Waals surface area contributed by atoms with Gasteiger partial charge < -0.3 is 15.2 Å². The minimum Gasteiger partial charge on any atom is -0.367 e. The lowest BCUT2D eigenvalue weighted by Crippen LogP contribution is -1.84. The second-order valence-electron chi connectivity index (χ2n) is 4.39. The summed E-state index contributed by atoms with van der Waals surface area (Å²) in [5, 5.41) is 5.91. The van der Waals surface area contributed by atoms with E-state index in [1.54, 1.807) is 12.4 Å². The van der Waals surface area contributed by atoms with Gasteiger partial charge in [-0.2, -0.15) is 0 Å². The van der Waals surface area contributed by atoms with Crippen molar-refractivity contribution in [3.8, 4) is 11.1 Å². The number of rotatable bonds is 1. The van der Waals surface area contributed by atoms with E-state index in [1.807, 2.05) is 24.3 Å². The average molecular weight is 250 g/mol. The monoisotopic (exact) mass is 250 g/mol. The fourth-order valence-corrected chi connectivity index (χ4v) is 2.36. The van der Waals surface area contributed by atoms with E-state index >= 15 is 0 Å². The van der Waals surface area contributed by atoms with E-state index in [-0.39, 0.29) is 0 Å². The predicted octanol–water partition coefficient (Wildman–Crippen LogP) is 2.95. The van der Waals surface area contributed by atoms with Crippen LogP contribution in [0.2, 0.25) is 0 Å². The van der Waals surface area contributed by atoms with Gasteiger partial charge in [-0.25, -0.2) is 4.98 Å². The Labute approximate surface area is 108 Å². The van der Waals surface area contributed by atoms with Gasteiger partial charge in [-0.05, 0) is 29.8 Å². The number of nitrogens with one attached hydrogen (secondary N) is 1. The first-order chi connectivity index (χ1) is 9.33. The number of pyridine rings is 1. The largest absolute Gasteiger partial charge is 0.367 e. The molecule has 4 rings (SSSR count). The van der Waals surface area contributed by atoms with Crippen LogP contribution in [0.15, 0.2) is 47.2 Å². The van der Waals surface area contributed by atoms with Crippen LogP contribution in [-0.4, -0.2) is 15.1 Å². The van der Waals surface area contributed by atoms with Crippen molar-refractivity contribution < 1.29 is 4.52 Å². The summed E-state index contributed by atoms with van der Waals surface area (Å²) in [5.74, 6) is 0.331. The van der Waals surface area contributed by atoms with Gasteiger partial charge in [-0.1, -0.05) is 11.2 Å². The van der Waals surface area contributed by atoms with Gasteiger partial charge in [0.05, 0.1) is 11.8 Å². The minimum absolute atomic E-state index is 0.331. The molecule has 0 atom stereocenters. The lowest BCUT2D eigenvalue weighted by molar-refractivity contribution is 0.436. The molecular weight excluding hydrogens is 240 g/mol. The topological polar surface area (TPSA) is 80.7 Å². The van der Waals surface area contributed by atoms with Crippen LogP contribution in [0.3, 0.4) is 0 Å². The van der Waals surface area contributed by atoms with Crippen molar-refractivity contribution in [2.45, 2.75) is 0 Å². The summed E-state index contributed by atoms with van der Waals surface area (Å²) >= 11 is 0. The van der Waals surface area contributed by atoms with E-state index in [9.17, 15) is 0 Å². The van der Waals surface area contributed by atoms with Gasteiger partial charge >= 0.3 is 0 Å². The number of hydrogen-bond acceptors (Lipinski definition) is 4. The summed E-state index contributed by atoms with van der Waals surface area (Å²) in [4.78, 5) is 7.60. The fraction of sp³-hybridized carbons (Fsp3) is 0. The van der Waals surface area contributed by atoms with Crippen molar-refractivity contribution >= 4 is 27.8 Å². The van der Waals surface area contributed by atoms with Crippen LogP contribution < -0.4 is 5.73 Å². The molecule has 3 N–H and O–H groups in total. The van der Waals surface area contributed by atoms with Crippen LogP contribution >= 0.6 is 0 Å². The number of fused-ring (bicyclic) bond motifs is 3. The molecule has 0 spiro atoms. The summed E-state index contributed by atoms with van der Waals surface area (Å²) in [5.41, 5.74) is 9.47. The summed E-state index contributed by atoms with van der Waals surface area (Å²) in [6.07, 6.45) is 3.40. The molecule has 0 aliphatic rings. The number of nitrogens with two attached hydrogens (primary N) is 1. The molecule has 0 aliphatic heterocycles. The molecule has 0 amide bonds. The molecular formula is C14H10N4O. The minimum atomic E-state index is 0.331. The zero-order valence-electron chi connectivity index (χ0n) is 9.92. The van der Waals surface area contributed by atoms with Crippen LogP contribution in [0.4, 0.5) is 5.88 Å². The Morgan fingerprint density at radius 3 is 2.95 bits per heavy atom. The molecule has 0 radical (unpaired) electrons. The van der Waals surface area contributed by atoms with Crippen LogP contribution in [-0.2, 0) is 0 Å². The molecule has 5 nitrogen and oxygen atoms in total. The van der Waals surface area contributed by atoms with E-state index in [0.717, 1.165) is 33.1 Å². The zero-order valence-corrected chi connectivity index (χ0v) is 9.92. The van der Waals surface area contributed by atoms with Gasteiger partial charge in [0.2, 0.25) is 5.88 Å². The molecule has 0 bridgehead atoms. The summed E-state index contributed by atoms with van der Waals surface area (Å²) < 4.78 is 4.91. The van der Waals surface area contributed by atoms with Gasteiger partial charge in [0, 0.05) is 22.5 Å². The van der Waals surface area contributed by atoms with Crippen LogP contribution in [0, 0.1) is 0 Å². The molecule has 19 heavy (non-hydrogen) atoms. The van der Waals surface area contributed by atoms with Crippen molar-refractivity contribution in [2.75, 3.05) is 5.73 Å². The Balaban J connectivity index is 2.05. The normalized spacial score (nSPS) is 11.4. The van der Waals surface area contributed by atoms with Gasteiger partial charge in [0.15, 0.2) is 0 Å². The van der Waals surface area contributed by atoms with Crippen molar-refractivity contribution in [3.05, 3.63) is 42.7 Å². The first kappa shape index (κ1) is 10.1. The third kappa shape index (κ3) is 1.41. The van der Waals surface area contributed by atoms with Gasteiger partial charge in [-0.3, -0.25) is 0 Å². The van der Waals surface area contributed by atoms with E-state index in [0.29, 0.717) is 5.88 Å². The molecule has 0 fully saturated rings. The van der Waals surface area contributed by atoms with E-state index in [1.165, 1.54) is 0 Å². The second-order valence-corrected chi connectivity index (χ2v) is 4.39. The smallest absolute Gasteiger partial charge is 0.229 e. The van der Waals surface area contributed by atoms with Crippen molar-refractivity contribution in [1.29, 1.82) is 0 Å². The summed E-state index contributed by atoms with van der Waals surface area (Å²) in [6, 6.07) is 10.0. The van der Waals surface area contributed by atoms with E-state index in [2.05, 4.69) is 21.2 Å². The molecule has 3 aromatic heterocycles. The third-order valence-electron chi connectivity index (χ3n) is 3.28. The number of nitrogen functional groups attached to an aromatic ring is 1. The molecule has 0 saturated carbocycles.